The molecule has 12 atom stereocenters. The normalized spacial score (nSPS) is 61.8. The molecule has 180 valence electrons. The van der Waals surface area contributed by atoms with Gasteiger partial charge < -0.3 is 9.47 Å². The molecule has 32 heavy (non-hydrogen) atoms. The van der Waals surface area contributed by atoms with Crippen LogP contribution < -0.4 is 0 Å². The summed E-state index contributed by atoms with van der Waals surface area (Å²) in [6, 6.07) is 0. The molecule has 0 aromatic carbocycles. The van der Waals surface area contributed by atoms with Gasteiger partial charge in [-0.25, -0.2) is 0 Å². The van der Waals surface area contributed by atoms with Crippen LogP contribution in [0.2, 0.25) is 0 Å². The number of carbonyl (C=O) groups excluding carboxylic acids is 1. The van der Waals surface area contributed by atoms with E-state index in [0.29, 0.717) is 52.1 Å². The molecule has 0 aromatic rings. The second-order valence-electron chi connectivity index (χ2n) is 14.1. The average Bonchev–Trinajstić information content (AvgIpc) is 3.18. The molecular formula is C29H46O3. The fourth-order valence-corrected chi connectivity index (χ4v) is 10.6. The van der Waals surface area contributed by atoms with Crippen molar-refractivity contribution < 1.29 is 14.3 Å². The zero-order valence-electron chi connectivity index (χ0n) is 21.4. The summed E-state index contributed by atoms with van der Waals surface area (Å²) in [5.74, 6) is 4.03. The highest BCUT2D eigenvalue weighted by Gasteiger charge is 2.72. The van der Waals surface area contributed by atoms with Crippen LogP contribution in [0.4, 0.5) is 0 Å². The summed E-state index contributed by atoms with van der Waals surface area (Å²) < 4.78 is 13.3. The smallest absolute Gasteiger partial charge is 0.171 e. The molecule has 0 amide bonds. The standard InChI is InChI=1S/C29H46O3/c1-17-7-11-27(5)21-14-24(30)28(6)22(20(21)9-10-26(27,4)15-17)13-23-25(28)19(3)29(32-23)12-8-18(2)16-31-29/h17-23,25H,7-16H2,1-6H3/t17-,18?,19-,20+,21-,22-,23-,25-,26-,27+,28+,29+/m0/s1. The van der Waals surface area contributed by atoms with Crippen molar-refractivity contribution >= 4 is 5.78 Å². The molecule has 0 radical (unpaired) electrons. The number of ketones is 1. The van der Waals surface area contributed by atoms with Gasteiger partial charge in [-0.15, -0.1) is 0 Å². The summed E-state index contributed by atoms with van der Waals surface area (Å²) in [6.45, 7) is 15.4. The Hall–Kier alpha value is -0.410. The molecule has 6 fully saturated rings. The zero-order valence-corrected chi connectivity index (χ0v) is 21.4. The predicted octanol–water partition coefficient (Wildman–Crippen LogP) is 6.64. The average molecular weight is 443 g/mol. The molecule has 6 rings (SSSR count). The Bertz CT molecular complexity index is 798. The van der Waals surface area contributed by atoms with Gasteiger partial charge in [0.25, 0.3) is 0 Å². The van der Waals surface area contributed by atoms with Crippen LogP contribution in [0.1, 0.15) is 99.3 Å². The third-order valence-corrected chi connectivity index (χ3v) is 12.8. The first-order valence-electron chi connectivity index (χ1n) is 13.9. The molecule has 3 nitrogen and oxygen atoms in total. The maximum Gasteiger partial charge on any atom is 0.171 e. The van der Waals surface area contributed by atoms with E-state index in [9.17, 15) is 4.79 Å². The van der Waals surface area contributed by atoms with Crippen LogP contribution in [0.25, 0.3) is 0 Å². The Labute approximate surface area is 195 Å². The van der Waals surface area contributed by atoms with Gasteiger partial charge >= 0.3 is 0 Å². The molecule has 1 unspecified atom stereocenters. The predicted molar refractivity (Wildman–Crippen MR) is 126 cm³/mol. The quantitative estimate of drug-likeness (QED) is 0.422. The minimum absolute atomic E-state index is 0.212. The SMILES string of the molecule is CC1CC[C@@]2(OC1)O[C@H]1C[C@H]3[C@@H]4CC[C@@]5(C)C[C@@H](C)CC[C@]5(C)[C@H]4CC(=O)[C@]3(C)[C@H]1[C@@H]2C. The van der Waals surface area contributed by atoms with Crippen LogP contribution in [0.3, 0.4) is 0 Å². The minimum atomic E-state index is -0.427. The van der Waals surface area contributed by atoms with Crippen LogP contribution in [0.5, 0.6) is 0 Å². The first-order valence-corrected chi connectivity index (χ1v) is 13.9. The number of rotatable bonds is 0. The summed E-state index contributed by atoms with van der Waals surface area (Å²) in [5, 5.41) is 0. The van der Waals surface area contributed by atoms with E-state index in [1.165, 1.54) is 38.5 Å². The molecule has 2 saturated heterocycles. The van der Waals surface area contributed by atoms with Gasteiger partial charge in [-0.3, -0.25) is 4.79 Å². The minimum Gasteiger partial charge on any atom is -0.349 e. The topological polar surface area (TPSA) is 35.5 Å². The van der Waals surface area contributed by atoms with Crippen molar-refractivity contribution in [3.05, 3.63) is 0 Å². The van der Waals surface area contributed by atoms with Gasteiger partial charge in [-0.1, -0.05) is 48.0 Å². The first kappa shape index (κ1) is 22.1. The van der Waals surface area contributed by atoms with E-state index in [1.54, 1.807) is 0 Å². The number of carbonyl (C=O) groups is 1. The Kier molecular flexibility index (Phi) is 4.72. The number of hydrogen-bond acceptors (Lipinski definition) is 3. The van der Waals surface area contributed by atoms with Gasteiger partial charge in [0.1, 0.15) is 5.78 Å². The third-order valence-electron chi connectivity index (χ3n) is 12.8. The van der Waals surface area contributed by atoms with Gasteiger partial charge in [-0.05, 0) is 78.9 Å². The Balaban J connectivity index is 1.32. The number of fused-ring (bicyclic) bond motifs is 7. The summed E-state index contributed by atoms with van der Waals surface area (Å²) in [6.07, 6.45) is 11.0. The van der Waals surface area contributed by atoms with Crippen molar-refractivity contribution in [2.75, 3.05) is 6.61 Å². The lowest BCUT2D eigenvalue weighted by molar-refractivity contribution is -0.272. The van der Waals surface area contributed by atoms with E-state index in [2.05, 4.69) is 41.5 Å². The van der Waals surface area contributed by atoms with E-state index in [-0.39, 0.29) is 11.5 Å². The Morgan fingerprint density at radius 1 is 0.906 bits per heavy atom. The lowest BCUT2D eigenvalue weighted by Crippen LogP contribution is -2.60. The van der Waals surface area contributed by atoms with Crippen molar-refractivity contribution in [3.8, 4) is 0 Å². The second kappa shape index (κ2) is 6.84. The van der Waals surface area contributed by atoms with Crippen molar-refractivity contribution in [2.24, 2.45) is 57.7 Å². The summed E-state index contributed by atoms with van der Waals surface area (Å²) in [4.78, 5) is 14.2. The third kappa shape index (κ3) is 2.59. The van der Waals surface area contributed by atoms with E-state index in [1.807, 2.05) is 0 Å². The van der Waals surface area contributed by atoms with Gasteiger partial charge in [0, 0.05) is 30.1 Å². The van der Waals surface area contributed by atoms with Crippen LogP contribution in [0, 0.1) is 57.7 Å². The van der Waals surface area contributed by atoms with Gasteiger partial charge in [0.05, 0.1) is 12.7 Å². The van der Waals surface area contributed by atoms with Gasteiger partial charge in [0.2, 0.25) is 0 Å². The Morgan fingerprint density at radius 2 is 1.66 bits per heavy atom. The summed E-state index contributed by atoms with van der Waals surface area (Å²) >= 11 is 0. The summed E-state index contributed by atoms with van der Waals surface area (Å²) in [7, 11) is 0. The molecule has 3 heteroatoms. The van der Waals surface area contributed by atoms with Crippen LogP contribution in [-0.2, 0) is 14.3 Å². The second-order valence-corrected chi connectivity index (χ2v) is 14.1. The highest BCUT2D eigenvalue weighted by Crippen LogP contribution is 2.72. The molecule has 0 N–H and O–H groups in total. The van der Waals surface area contributed by atoms with Crippen molar-refractivity contribution in [1.29, 1.82) is 0 Å². The number of hydrogen-bond donors (Lipinski definition) is 0. The lowest BCUT2D eigenvalue weighted by Gasteiger charge is -2.65. The van der Waals surface area contributed by atoms with Crippen molar-refractivity contribution in [2.45, 2.75) is 111 Å². The van der Waals surface area contributed by atoms with E-state index in [0.717, 1.165) is 31.8 Å². The number of Topliss-reactive ketones (excluding diaryl/α,β-unsaturated/α-hetero) is 1. The van der Waals surface area contributed by atoms with E-state index < -0.39 is 5.79 Å². The molecule has 2 heterocycles. The maximum absolute atomic E-state index is 14.2. The van der Waals surface area contributed by atoms with Crippen LogP contribution in [-0.4, -0.2) is 24.3 Å². The van der Waals surface area contributed by atoms with Gasteiger partial charge in [0.15, 0.2) is 5.79 Å². The highest BCUT2D eigenvalue weighted by atomic mass is 16.7. The highest BCUT2D eigenvalue weighted by molar-refractivity contribution is 5.87. The monoisotopic (exact) mass is 442 g/mol. The molecule has 0 aromatic heterocycles. The fourth-order valence-electron chi connectivity index (χ4n) is 10.6. The van der Waals surface area contributed by atoms with Crippen molar-refractivity contribution in [3.63, 3.8) is 0 Å². The first-order chi connectivity index (χ1) is 15.0. The van der Waals surface area contributed by atoms with Crippen LogP contribution >= 0.6 is 0 Å². The Morgan fingerprint density at radius 3 is 2.38 bits per heavy atom. The molecule has 1 spiro atoms. The van der Waals surface area contributed by atoms with E-state index >= 15 is 0 Å². The largest absolute Gasteiger partial charge is 0.349 e. The summed E-state index contributed by atoms with van der Waals surface area (Å²) in [5.41, 5.74) is 0.523. The molecule has 4 saturated carbocycles. The van der Waals surface area contributed by atoms with Crippen molar-refractivity contribution in [1.82, 2.24) is 0 Å². The van der Waals surface area contributed by atoms with Gasteiger partial charge in [-0.2, -0.15) is 0 Å². The number of ether oxygens (including phenoxy) is 2. The van der Waals surface area contributed by atoms with E-state index in [4.69, 9.17) is 9.47 Å². The lowest BCUT2D eigenvalue weighted by atomic mass is 9.39. The van der Waals surface area contributed by atoms with Crippen LogP contribution in [0.15, 0.2) is 0 Å². The molecular weight excluding hydrogens is 396 g/mol. The molecule has 6 aliphatic rings. The molecule has 4 aliphatic carbocycles. The fraction of sp³-hybridized carbons (Fsp3) is 0.966. The molecule has 0 bridgehead atoms. The molecule has 2 aliphatic heterocycles. The maximum atomic E-state index is 14.2. The zero-order chi connectivity index (χ0) is 22.7.